The molecule has 0 aliphatic carbocycles. The highest BCUT2D eigenvalue weighted by atomic mass is 35.5. The van der Waals surface area contributed by atoms with E-state index >= 15 is 0 Å². The molecule has 6 nitrogen and oxygen atoms in total. The van der Waals surface area contributed by atoms with Gasteiger partial charge in [-0.2, -0.15) is 0 Å². The van der Waals surface area contributed by atoms with E-state index in [1.54, 1.807) is 12.1 Å². The van der Waals surface area contributed by atoms with E-state index in [4.69, 9.17) is 16.7 Å². The normalized spacial score (nSPS) is 19.8. The molecule has 0 saturated carbocycles. The van der Waals surface area contributed by atoms with Gasteiger partial charge in [-0.05, 0) is 37.0 Å². The molecule has 1 saturated heterocycles. The number of carbonyl (C=O) groups is 3. The molecule has 1 aromatic carbocycles. The maximum atomic E-state index is 12.0. The van der Waals surface area contributed by atoms with Crippen molar-refractivity contribution in [3.05, 3.63) is 34.9 Å². The van der Waals surface area contributed by atoms with Gasteiger partial charge in [0, 0.05) is 36.4 Å². The first-order chi connectivity index (χ1) is 11.4. The van der Waals surface area contributed by atoms with Crippen molar-refractivity contribution in [1.82, 2.24) is 10.6 Å². The molecule has 1 aliphatic heterocycles. The molecule has 0 aromatic heterocycles. The second-order valence-corrected chi connectivity index (χ2v) is 6.57. The molecule has 7 heteroatoms. The number of rotatable bonds is 8. The monoisotopic (exact) mass is 352 g/mol. The third-order valence-corrected chi connectivity index (χ3v) is 4.50. The predicted octanol–water partition coefficient (Wildman–Crippen LogP) is 2.25. The summed E-state index contributed by atoms with van der Waals surface area (Å²) in [5, 5.41) is 15.2. The standard InChI is InChI=1S/C17H21ClN2O4/c18-13-3-1-2-12(10-13)11-19-14(21)4-7-17(9-6-16(23)24)8-5-15(22)20-17/h1-3,10H,4-9,11H2,(H,19,21)(H,20,22)(H,23,24)/t17-/m1/s1. The Hall–Kier alpha value is -2.08. The van der Waals surface area contributed by atoms with Crippen LogP contribution in [-0.4, -0.2) is 28.4 Å². The summed E-state index contributed by atoms with van der Waals surface area (Å²) in [4.78, 5) is 34.4. The Bertz CT molecular complexity index is 635. The first-order valence-corrected chi connectivity index (χ1v) is 8.30. The van der Waals surface area contributed by atoms with Gasteiger partial charge in [0.1, 0.15) is 0 Å². The van der Waals surface area contributed by atoms with Crippen LogP contribution < -0.4 is 10.6 Å². The topological polar surface area (TPSA) is 95.5 Å². The van der Waals surface area contributed by atoms with Crippen LogP contribution in [0.1, 0.15) is 44.1 Å². The van der Waals surface area contributed by atoms with Crippen molar-refractivity contribution in [3.63, 3.8) is 0 Å². The van der Waals surface area contributed by atoms with Crippen LogP contribution in [0.2, 0.25) is 5.02 Å². The average Bonchev–Trinajstić information content (AvgIpc) is 2.91. The molecule has 2 rings (SSSR count). The SMILES string of the molecule is O=C(O)CC[C@@]1(CCC(=O)NCc2cccc(Cl)c2)CCC(=O)N1. The van der Waals surface area contributed by atoms with Crippen LogP contribution in [0.3, 0.4) is 0 Å². The zero-order valence-electron chi connectivity index (χ0n) is 13.3. The van der Waals surface area contributed by atoms with Gasteiger partial charge in [-0.15, -0.1) is 0 Å². The first-order valence-electron chi connectivity index (χ1n) is 7.92. The predicted molar refractivity (Wildman–Crippen MR) is 89.5 cm³/mol. The molecule has 2 amide bonds. The van der Waals surface area contributed by atoms with E-state index in [9.17, 15) is 14.4 Å². The third kappa shape index (κ3) is 5.53. The molecule has 1 heterocycles. The lowest BCUT2D eigenvalue weighted by atomic mass is 9.86. The quantitative estimate of drug-likeness (QED) is 0.668. The molecule has 0 bridgehead atoms. The maximum absolute atomic E-state index is 12.0. The van der Waals surface area contributed by atoms with E-state index in [2.05, 4.69) is 10.6 Å². The summed E-state index contributed by atoms with van der Waals surface area (Å²) in [5.74, 6) is -1.12. The molecular formula is C17H21ClN2O4. The van der Waals surface area contributed by atoms with Crippen LogP contribution in [0.5, 0.6) is 0 Å². The highest BCUT2D eigenvalue weighted by Gasteiger charge is 2.37. The molecule has 3 N–H and O–H groups in total. The van der Waals surface area contributed by atoms with E-state index in [-0.39, 0.29) is 24.7 Å². The van der Waals surface area contributed by atoms with E-state index in [0.717, 1.165) is 5.56 Å². The van der Waals surface area contributed by atoms with E-state index in [0.29, 0.717) is 37.3 Å². The molecule has 0 spiro atoms. The number of aliphatic carboxylic acids is 1. The van der Waals surface area contributed by atoms with Crippen LogP contribution in [0.15, 0.2) is 24.3 Å². The second kappa shape index (κ2) is 8.15. The van der Waals surface area contributed by atoms with Gasteiger partial charge >= 0.3 is 5.97 Å². The molecule has 24 heavy (non-hydrogen) atoms. The zero-order chi connectivity index (χ0) is 17.6. The van der Waals surface area contributed by atoms with Gasteiger partial charge in [-0.1, -0.05) is 23.7 Å². The largest absolute Gasteiger partial charge is 0.481 e. The van der Waals surface area contributed by atoms with Gasteiger partial charge in [0.2, 0.25) is 11.8 Å². The number of amides is 2. The molecule has 1 aliphatic rings. The van der Waals surface area contributed by atoms with Crippen molar-refractivity contribution in [2.24, 2.45) is 0 Å². The lowest BCUT2D eigenvalue weighted by Crippen LogP contribution is -2.43. The summed E-state index contributed by atoms with van der Waals surface area (Å²) in [6.07, 6.45) is 1.94. The lowest BCUT2D eigenvalue weighted by Gasteiger charge is -2.28. The van der Waals surface area contributed by atoms with Gasteiger partial charge in [0.25, 0.3) is 0 Å². The minimum absolute atomic E-state index is 0.0234. The number of hydrogen-bond donors (Lipinski definition) is 3. The van der Waals surface area contributed by atoms with Crippen LogP contribution in [0, 0.1) is 0 Å². The highest BCUT2D eigenvalue weighted by Crippen LogP contribution is 2.30. The molecule has 130 valence electrons. The van der Waals surface area contributed by atoms with Crippen molar-refractivity contribution in [2.75, 3.05) is 0 Å². The van der Waals surface area contributed by atoms with Crippen molar-refractivity contribution < 1.29 is 19.5 Å². The summed E-state index contributed by atoms with van der Waals surface area (Å²) >= 11 is 5.90. The van der Waals surface area contributed by atoms with Gasteiger partial charge in [-0.25, -0.2) is 0 Å². The number of hydrogen-bond acceptors (Lipinski definition) is 3. The van der Waals surface area contributed by atoms with Crippen molar-refractivity contribution in [1.29, 1.82) is 0 Å². The van der Waals surface area contributed by atoms with Crippen LogP contribution in [0.25, 0.3) is 0 Å². The molecule has 0 radical (unpaired) electrons. The second-order valence-electron chi connectivity index (χ2n) is 6.13. The van der Waals surface area contributed by atoms with Gasteiger partial charge < -0.3 is 15.7 Å². The summed E-state index contributed by atoms with van der Waals surface area (Å²) in [7, 11) is 0. The molecule has 0 unspecified atom stereocenters. The fraction of sp³-hybridized carbons (Fsp3) is 0.471. The van der Waals surface area contributed by atoms with E-state index in [1.807, 2.05) is 12.1 Å². The van der Waals surface area contributed by atoms with Crippen LogP contribution in [0.4, 0.5) is 0 Å². The molecule has 1 atom stereocenters. The van der Waals surface area contributed by atoms with E-state index < -0.39 is 11.5 Å². The Morgan fingerprint density at radius 1 is 1.29 bits per heavy atom. The first kappa shape index (κ1) is 18.3. The Morgan fingerprint density at radius 2 is 2.04 bits per heavy atom. The van der Waals surface area contributed by atoms with Crippen molar-refractivity contribution in [2.45, 2.75) is 50.6 Å². The molecular weight excluding hydrogens is 332 g/mol. The maximum Gasteiger partial charge on any atom is 0.303 e. The number of benzene rings is 1. The summed E-state index contributed by atoms with van der Waals surface area (Å²) in [5.41, 5.74) is 0.327. The fourth-order valence-corrected chi connectivity index (χ4v) is 3.12. The Morgan fingerprint density at radius 3 is 2.67 bits per heavy atom. The van der Waals surface area contributed by atoms with Gasteiger partial charge in [-0.3, -0.25) is 14.4 Å². The van der Waals surface area contributed by atoms with Gasteiger partial charge in [0.05, 0.1) is 0 Å². The smallest absolute Gasteiger partial charge is 0.303 e. The highest BCUT2D eigenvalue weighted by molar-refractivity contribution is 6.30. The van der Waals surface area contributed by atoms with E-state index in [1.165, 1.54) is 0 Å². The third-order valence-electron chi connectivity index (χ3n) is 4.26. The number of nitrogens with one attached hydrogen (secondary N) is 2. The fourth-order valence-electron chi connectivity index (χ4n) is 2.91. The number of carbonyl (C=O) groups excluding carboxylic acids is 2. The molecule has 1 aromatic rings. The lowest BCUT2D eigenvalue weighted by molar-refractivity contribution is -0.137. The molecule has 1 fully saturated rings. The van der Waals surface area contributed by atoms with Crippen molar-refractivity contribution >= 4 is 29.4 Å². The summed E-state index contributed by atoms with van der Waals surface area (Å²) in [6.45, 7) is 0.383. The average molecular weight is 353 g/mol. The van der Waals surface area contributed by atoms with Crippen LogP contribution >= 0.6 is 11.6 Å². The zero-order valence-corrected chi connectivity index (χ0v) is 14.1. The minimum atomic E-state index is -0.902. The Balaban J connectivity index is 1.83. The Labute approximate surface area is 145 Å². The Kier molecular flexibility index (Phi) is 6.20. The van der Waals surface area contributed by atoms with Gasteiger partial charge in [0.15, 0.2) is 0 Å². The summed E-state index contributed by atoms with van der Waals surface area (Å²) < 4.78 is 0. The minimum Gasteiger partial charge on any atom is -0.481 e. The van der Waals surface area contributed by atoms with Crippen LogP contribution in [-0.2, 0) is 20.9 Å². The number of carboxylic acid groups (broad SMARTS) is 1. The summed E-state index contributed by atoms with van der Waals surface area (Å²) in [6, 6.07) is 7.24. The number of carboxylic acids is 1. The number of halogens is 1. The van der Waals surface area contributed by atoms with Crippen molar-refractivity contribution in [3.8, 4) is 0 Å².